The van der Waals surface area contributed by atoms with Crippen LogP contribution < -0.4 is 10.6 Å². The highest BCUT2D eigenvalue weighted by molar-refractivity contribution is 5.68. The van der Waals surface area contributed by atoms with Crippen molar-refractivity contribution in [1.29, 1.82) is 0 Å². The summed E-state index contributed by atoms with van der Waals surface area (Å²) in [6.45, 7) is 6.38. The predicted octanol–water partition coefficient (Wildman–Crippen LogP) is 1.96. The largest absolute Gasteiger partial charge is 0.444 e. The van der Waals surface area contributed by atoms with Crippen LogP contribution in [0.2, 0.25) is 0 Å². The van der Waals surface area contributed by atoms with Crippen molar-refractivity contribution in [1.82, 2.24) is 20.2 Å². The summed E-state index contributed by atoms with van der Waals surface area (Å²) in [7, 11) is 1.99. The van der Waals surface area contributed by atoms with Gasteiger partial charge in [0.2, 0.25) is 0 Å². The van der Waals surface area contributed by atoms with E-state index in [0.717, 1.165) is 31.6 Å². The number of hydrogen-bond acceptors (Lipinski definition) is 4. The Bertz CT molecular complexity index is 478. The van der Waals surface area contributed by atoms with Gasteiger partial charge in [-0.1, -0.05) is 0 Å². The third-order valence-corrected chi connectivity index (χ3v) is 3.62. The van der Waals surface area contributed by atoms with Crippen molar-refractivity contribution in [2.45, 2.75) is 64.3 Å². The van der Waals surface area contributed by atoms with Gasteiger partial charge < -0.3 is 19.9 Å². The van der Waals surface area contributed by atoms with Crippen molar-refractivity contribution >= 4 is 6.09 Å². The van der Waals surface area contributed by atoms with Crippen LogP contribution in [0.4, 0.5) is 4.79 Å². The number of rotatable bonds is 4. The molecule has 0 bridgehead atoms. The molecule has 1 fully saturated rings. The molecular weight excluding hydrogens is 268 g/mol. The van der Waals surface area contributed by atoms with Gasteiger partial charge in [0, 0.05) is 31.5 Å². The zero-order chi connectivity index (χ0) is 15.5. The summed E-state index contributed by atoms with van der Waals surface area (Å²) < 4.78 is 7.30. The highest BCUT2D eigenvalue weighted by Crippen LogP contribution is 2.20. The number of amides is 1. The Hall–Kier alpha value is -1.56. The van der Waals surface area contributed by atoms with Crippen molar-refractivity contribution in [2.24, 2.45) is 7.05 Å². The molecular formula is C15H26N4O2. The van der Waals surface area contributed by atoms with Crippen LogP contribution in [0.15, 0.2) is 12.4 Å². The lowest BCUT2D eigenvalue weighted by Crippen LogP contribution is -2.39. The standard InChI is InChI=1S/C15H26N4O2/c1-15(2,3)21-14(20)18-12-6-5-11(9-12)17-10-13-16-7-8-19(13)4/h7-8,11-12,17H,5-6,9-10H2,1-4H3,(H,18,20). The van der Waals surface area contributed by atoms with Gasteiger partial charge in [-0.15, -0.1) is 0 Å². The van der Waals surface area contributed by atoms with E-state index in [0.29, 0.717) is 6.04 Å². The third-order valence-electron chi connectivity index (χ3n) is 3.62. The Balaban J connectivity index is 1.71. The molecule has 1 amide bonds. The van der Waals surface area contributed by atoms with Crippen molar-refractivity contribution < 1.29 is 9.53 Å². The normalized spacial score (nSPS) is 22.3. The summed E-state index contributed by atoms with van der Waals surface area (Å²) in [6.07, 6.45) is 6.40. The molecule has 2 N–H and O–H groups in total. The van der Waals surface area contributed by atoms with Gasteiger partial charge in [0.05, 0.1) is 6.54 Å². The van der Waals surface area contributed by atoms with Gasteiger partial charge in [-0.2, -0.15) is 0 Å². The Morgan fingerprint density at radius 3 is 2.76 bits per heavy atom. The van der Waals surface area contributed by atoms with Crippen LogP contribution in [-0.2, 0) is 18.3 Å². The van der Waals surface area contributed by atoms with Gasteiger partial charge >= 0.3 is 6.09 Å². The van der Waals surface area contributed by atoms with Crippen molar-refractivity contribution in [3.05, 3.63) is 18.2 Å². The van der Waals surface area contributed by atoms with Crippen LogP contribution in [0.5, 0.6) is 0 Å². The van der Waals surface area contributed by atoms with Crippen LogP contribution in [0.1, 0.15) is 45.9 Å². The van der Waals surface area contributed by atoms with Gasteiger partial charge in [0.1, 0.15) is 11.4 Å². The number of aryl methyl sites for hydroxylation is 1. The van der Waals surface area contributed by atoms with E-state index >= 15 is 0 Å². The fourth-order valence-corrected chi connectivity index (χ4v) is 2.57. The molecule has 1 aliphatic rings. The number of imidazole rings is 1. The molecule has 1 heterocycles. The molecule has 1 aliphatic carbocycles. The SMILES string of the molecule is Cn1ccnc1CNC1CCC(NC(=O)OC(C)(C)C)C1. The number of alkyl carbamates (subject to hydrolysis) is 1. The number of nitrogens with one attached hydrogen (secondary N) is 2. The van der Waals surface area contributed by atoms with E-state index in [1.54, 1.807) is 6.20 Å². The van der Waals surface area contributed by atoms with Crippen molar-refractivity contribution in [3.63, 3.8) is 0 Å². The number of carbonyl (C=O) groups excluding carboxylic acids is 1. The summed E-state index contributed by atoms with van der Waals surface area (Å²) in [5, 5.41) is 6.45. The molecule has 21 heavy (non-hydrogen) atoms. The van der Waals surface area contributed by atoms with Crippen molar-refractivity contribution in [2.75, 3.05) is 0 Å². The first-order chi connectivity index (χ1) is 9.83. The molecule has 0 spiro atoms. The second-order valence-electron chi connectivity index (χ2n) is 6.69. The quantitative estimate of drug-likeness (QED) is 0.890. The smallest absolute Gasteiger partial charge is 0.407 e. The Morgan fingerprint density at radius 1 is 1.43 bits per heavy atom. The van der Waals surface area contributed by atoms with Crippen LogP contribution in [-0.4, -0.2) is 33.3 Å². The van der Waals surface area contributed by atoms with Gasteiger partial charge in [0.15, 0.2) is 0 Å². The lowest BCUT2D eigenvalue weighted by molar-refractivity contribution is 0.0505. The monoisotopic (exact) mass is 294 g/mol. The first kappa shape index (κ1) is 15.8. The Labute approximate surface area is 126 Å². The highest BCUT2D eigenvalue weighted by atomic mass is 16.6. The van der Waals surface area contributed by atoms with E-state index in [1.807, 2.05) is 38.6 Å². The minimum absolute atomic E-state index is 0.193. The first-order valence-corrected chi connectivity index (χ1v) is 7.52. The first-order valence-electron chi connectivity index (χ1n) is 7.52. The minimum Gasteiger partial charge on any atom is -0.444 e. The number of aromatic nitrogens is 2. The maximum atomic E-state index is 11.7. The molecule has 6 heteroatoms. The van der Waals surface area contributed by atoms with E-state index in [1.165, 1.54) is 0 Å². The predicted molar refractivity (Wildman–Crippen MR) is 80.8 cm³/mol. The molecule has 2 rings (SSSR count). The topological polar surface area (TPSA) is 68.2 Å². The summed E-state index contributed by atoms with van der Waals surface area (Å²) in [4.78, 5) is 16.0. The van der Waals surface area contributed by atoms with Gasteiger partial charge in [0.25, 0.3) is 0 Å². The molecule has 0 radical (unpaired) electrons. The zero-order valence-electron chi connectivity index (χ0n) is 13.3. The Kier molecular flexibility index (Phi) is 4.88. The molecule has 1 saturated carbocycles. The fourth-order valence-electron chi connectivity index (χ4n) is 2.57. The number of hydrogen-bond donors (Lipinski definition) is 2. The molecule has 1 aromatic heterocycles. The van der Waals surface area contributed by atoms with Crippen LogP contribution in [0, 0.1) is 0 Å². The number of carbonyl (C=O) groups is 1. The highest BCUT2D eigenvalue weighted by Gasteiger charge is 2.27. The van der Waals surface area contributed by atoms with E-state index in [2.05, 4.69) is 15.6 Å². The molecule has 0 saturated heterocycles. The van der Waals surface area contributed by atoms with Crippen LogP contribution in [0.3, 0.4) is 0 Å². The van der Waals surface area contributed by atoms with Crippen LogP contribution >= 0.6 is 0 Å². The average Bonchev–Trinajstić information content (AvgIpc) is 2.93. The Morgan fingerprint density at radius 2 is 2.14 bits per heavy atom. The zero-order valence-corrected chi connectivity index (χ0v) is 13.3. The summed E-state index contributed by atoms with van der Waals surface area (Å²) in [5.74, 6) is 1.03. The summed E-state index contributed by atoms with van der Waals surface area (Å²) in [6, 6.07) is 0.611. The second kappa shape index (κ2) is 6.47. The van der Waals surface area contributed by atoms with Gasteiger partial charge in [-0.05, 0) is 40.0 Å². The fraction of sp³-hybridized carbons (Fsp3) is 0.733. The number of nitrogens with zero attached hydrogens (tertiary/aromatic N) is 2. The number of ether oxygens (including phenoxy) is 1. The molecule has 6 nitrogen and oxygen atoms in total. The molecule has 2 atom stereocenters. The lowest BCUT2D eigenvalue weighted by Gasteiger charge is -2.21. The van der Waals surface area contributed by atoms with E-state index in [4.69, 9.17) is 4.74 Å². The average molecular weight is 294 g/mol. The van der Waals surface area contributed by atoms with Gasteiger partial charge in [-0.3, -0.25) is 0 Å². The summed E-state index contributed by atoms with van der Waals surface area (Å²) in [5.41, 5.74) is -0.446. The molecule has 2 unspecified atom stereocenters. The van der Waals surface area contributed by atoms with E-state index in [9.17, 15) is 4.79 Å². The lowest BCUT2D eigenvalue weighted by atomic mass is 10.2. The van der Waals surface area contributed by atoms with Gasteiger partial charge in [-0.25, -0.2) is 9.78 Å². The molecule has 118 valence electrons. The third kappa shape index (κ3) is 5.04. The summed E-state index contributed by atoms with van der Waals surface area (Å²) >= 11 is 0. The maximum Gasteiger partial charge on any atom is 0.407 e. The van der Waals surface area contributed by atoms with E-state index in [-0.39, 0.29) is 12.1 Å². The van der Waals surface area contributed by atoms with E-state index < -0.39 is 5.60 Å². The molecule has 0 aliphatic heterocycles. The minimum atomic E-state index is -0.446. The van der Waals surface area contributed by atoms with Crippen LogP contribution in [0.25, 0.3) is 0 Å². The second-order valence-corrected chi connectivity index (χ2v) is 6.69. The maximum absolute atomic E-state index is 11.7. The molecule has 0 aromatic carbocycles. The van der Waals surface area contributed by atoms with Crippen molar-refractivity contribution in [3.8, 4) is 0 Å². The molecule has 1 aromatic rings.